The van der Waals surface area contributed by atoms with Gasteiger partial charge in [-0.3, -0.25) is 0 Å². The van der Waals surface area contributed by atoms with Gasteiger partial charge in [-0.25, -0.2) is 4.39 Å². The fourth-order valence-corrected chi connectivity index (χ4v) is 3.59. The van der Waals surface area contributed by atoms with Gasteiger partial charge in [0.05, 0.1) is 0 Å². The van der Waals surface area contributed by atoms with Crippen LogP contribution in [0.2, 0.25) is 0 Å². The molecule has 1 aliphatic heterocycles. The minimum atomic E-state index is -0.136. The summed E-state index contributed by atoms with van der Waals surface area (Å²) in [7, 11) is 0. The van der Waals surface area contributed by atoms with Crippen molar-refractivity contribution in [2.24, 2.45) is 0 Å². The molecule has 1 saturated heterocycles. The highest BCUT2D eigenvalue weighted by Gasteiger charge is 2.18. The van der Waals surface area contributed by atoms with E-state index in [2.05, 4.69) is 21.2 Å². The summed E-state index contributed by atoms with van der Waals surface area (Å²) < 4.78 is 14.6. The molecule has 0 saturated carbocycles. The summed E-state index contributed by atoms with van der Waals surface area (Å²) in [5.74, 6) is 2.27. The predicted octanol–water partition coefficient (Wildman–Crippen LogP) is 4.13. The van der Waals surface area contributed by atoms with Gasteiger partial charge in [-0.2, -0.15) is 11.8 Å². The Morgan fingerprint density at radius 2 is 2.35 bits per heavy atom. The van der Waals surface area contributed by atoms with Crippen LogP contribution >= 0.6 is 27.7 Å². The van der Waals surface area contributed by atoms with E-state index in [-0.39, 0.29) is 11.9 Å². The molecule has 1 fully saturated rings. The van der Waals surface area contributed by atoms with Gasteiger partial charge in [0, 0.05) is 27.9 Å². The smallest absolute Gasteiger partial charge is 0.129 e. The van der Waals surface area contributed by atoms with Crippen LogP contribution < -0.4 is 5.32 Å². The van der Waals surface area contributed by atoms with Gasteiger partial charge in [0.25, 0.3) is 0 Å². The van der Waals surface area contributed by atoms with Gasteiger partial charge < -0.3 is 5.32 Å². The second-order valence-corrected chi connectivity index (χ2v) is 6.53. The molecule has 2 atom stereocenters. The van der Waals surface area contributed by atoms with Crippen LogP contribution in [0, 0.1) is 5.82 Å². The Labute approximate surface area is 115 Å². The summed E-state index contributed by atoms with van der Waals surface area (Å²) in [4.78, 5) is 0. The van der Waals surface area contributed by atoms with E-state index < -0.39 is 0 Å². The lowest BCUT2D eigenvalue weighted by atomic mass is 10.1. The summed E-state index contributed by atoms with van der Waals surface area (Å²) in [5.41, 5.74) is 0.753. The first-order valence-corrected chi connectivity index (χ1v) is 7.90. The fourth-order valence-electron chi connectivity index (χ4n) is 2.17. The van der Waals surface area contributed by atoms with Crippen molar-refractivity contribution >= 4 is 27.7 Å². The van der Waals surface area contributed by atoms with E-state index in [1.54, 1.807) is 0 Å². The number of nitrogens with one attached hydrogen (secondary N) is 1. The largest absolute Gasteiger partial charge is 0.307 e. The molecule has 1 aliphatic rings. The van der Waals surface area contributed by atoms with Crippen LogP contribution in [-0.2, 0) is 0 Å². The minimum absolute atomic E-state index is 0.0757. The van der Waals surface area contributed by atoms with Gasteiger partial charge in [0.1, 0.15) is 5.82 Å². The lowest BCUT2D eigenvalue weighted by Crippen LogP contribution is -2.35. The Morgan fingerprint density at radius 1 is 1.53 bits per heavy atom. The van der Waals surface area contributed by atoms with Crippen molar-refractivity contribution in [2.45, 2.75) is 31.8 Å². The number of hydrogen-bond acceptors (Lipinski definition) is 2. The quantitative estimate of drug-likeness (QED) is 0.899. The van der Waals surface area contributed by atoms with E-state index in [1.807, 2.05) is 30.8 Å². The molecule has 2 rings (SSSR count). The maximum absolute atomic E-state index is 13.8. The molecule has 1 aromatic carbocycles. The van der Waals surface area contributed by atoms with Crippen molar-refractivity contribution < 1.29 is 4.39 Å². The average molecular weight is 318 g/mol. The fraction of sp³-hybridized carbons (Fsp3) is 0.538. The summed E-state index contributed by atoms with van der Waals surface area (Å²) in [5, 5.41) is 3.52. The minimum Gasteiger partial charge on any atom is -0.307 e. The van der Waals surface area contributed by atoms with Gasteiger partial charge in [0.2, 0.25) is 0 Å². The maximum Gasteiger partial charge on any atom is 0.129 e. The van der Waals surface area contributed by atoms with Crippen LogP contribution in [0.15, 0.2) is 22.7 Å². The Kier molecular flexibility index (Phi) is 4.88. The molecule has 2 unspecified atom stereocenters. The Balaban J connectivity index is 2.00. The molecule has 0 aliphatic carbocycles. The molecule has 0 bridgehead atoms. The van der Waals surface area contributed by atoms with Gasteiger partial charge in [-0.05, 0) is 37.7 Å². The summed E-state index contributed by atoms with van der Waals surface area (Å²) in [6, 6.07) is 5.88. The lowest BCUT2D eigenvalue weighted by Gasteiger charge is -2.26. The summed E-state index contributed by atoms with van der Waals surface area (Å²) in [6.07, 6.45) is 2.47. The summed E-state index contributed by atoms with van der Waals surface area (Å²) in [6.45, 7) is 2.03. The number of halogens is 2. The molecule has 1 N–H and O–H groups in total. The van der Waals surface area contributed by atoms with Gasteiger partial charge in [0.15, 0.2) is 0 Å². The van der Waals surface area contributed by atoms with E-state index in [9.17, 15) is 4.39 Å². The van der Waals surface area contributed by atoms with Crippen LogP contribution in [0.1, 0.15) is 31.4 Å². The van der Waals surface area contributed by atoms with Gasteiger partial charge in [-0.15, -0.1) is 0 Å². The highest BCUT2D eigenvalue weighted by molar-refractivity contribution is 9.10. The molecular formula is C13H17BrFNS. The molecular weight excluding hydrogens is 301 g/mol. The molecule has 1 nitrogen and oxygen atoms in total. The third-order valence-corrected chi connectivity index (χ3v) is 4.78. The Hall–Kier alpha value is -0.0600. The van der Waals surface area contributed by atoms with E-state index in [0.29, 0.717) is 6.04 Å². The van der Waals surface area contributed by atoms with Crippen molar-refractivity contribution in [3.8, 4) is 0 Å². The van der Waals surface area contributed by atoms with Crippen LogP contribution in [0.25, 0.3) is 0 Å². The molecule has 0 amide bonds. The second-order valence-electron chi connectivity index (χ2n) is 4.47. The number of benzene rings is 1. The average Bonchev–Trinajstić information content (AvgIpc) is 2.30. The molecule has 4 heteroatoms. The van der Waals surface area contributed by atoms with E-state index in [1.165, 1.54) is 24.7 Å². The normalized spacial score (nSPS) is 22.4. The zero-order valence-electron chi connectivity index (χ0n) is 9.88. The SMILES string of the molecule is CC(NC1CCCSC1)c1ccc(Br)cc1F. The van der Waals surface area contributed by atoms with Crippen LogP contribution in [-0.4, -0.2) is 17.5 Å². The van der Waals surface area contributed by atoms with E-state index in [4.69, 9.17) is 0 Å². The summed E-state index contributed by atoms with van der Waals surface area (Å²) >= 11 is 5.26. The van der Waals surface area contributed by atoms with Gasteiger partial charge in [-0.1, -0.05) is 22.0 Å². The van der Waals surface area contributed by atoms with Crippen molar-refractivity contribution in [1.82, 2.24) is 5.32 Å². The second kappa shape index (κ2) is 6.21. The van der Waals surface area contributed by atoms with E-state index in [0.717, 1.165) is 15.8 Å². The third kappa shape index (κ3) is 3.70. The lowest BCUT2D eigenvalue weighted by molar-refractivity contribution is 0.440. The highest BCUT2D eigenvalue weighted by atomic mass is 79.9. The van der Waals surface area contributed by atoms with Crippen LogP contribution in [0.3, 0.4) is 0 Å². The third-order valence-electron chi connectivity index (χ3n) is 3.08. The molecule has 17 heavy (non-hydrogen) atoms. The Bertz CT molecular complexity index is 380. The zero-order valence-corrected chi connectivity index (χ0v) is 12.3. The van der Waals surface area contributed by atoms with Crippen LogP contribution in [0.4, 0.5) is 4.39 Å². The topological polar surface area (TPSA) is 12.0 Å². The van der Waals surface area contributed by atoms with Crippen molar-refractivity contribution in [3.63, 3.8) is 0 Å². The van der Waals surface area contributed by atoms with Crippen molar-refractivity contribution in [2.75, 3.05) is 11.5 Å². The Morgan fingerprint density at radius 3 is 3.00 bits per heavy atom. The number of hydrogen-bond donors (Lipinski definition) is 1. The molecule has 0 radical (unpaired) electrons. The van der Waals surface area contributed by atoms with E-state index >= 15 is 0 Å². The first kappa shape index (κ1) is 13.4. The maximum atomic E-state index is 13.8. The number of rotatable bonds is 3. The highest BCUT2D eigenvalue weighted by Crippen LogP contribution is 2.24. The molecule has 94 valence electrons. The zero-order chi connectivity index (χ0) is 12.3. The van der Waals surface area contributed by atoms with Crippen molar-refractivity contribution in [1.29, 1.82) is 0 Å². The standard InChI is InChI=1S/C13H17BrFNS/c1-9(16-11-3-2-6-17-8-11)12-5-4-10(14)7-13(12)15/h4-5,7,9,11,16H,2-3,6,8H2,1H3. The first-order valence-electron chi connectivity index (χ1n) is 5.95. The first-order chi connectivity index (χ1) is 8.16. The van der Waals surface area contributed by atoms with Crippen molar-refractivity contribution in [3.05, 3.63) is 34.1 Å². The van der Waals surface area contributed by atoms with Gasteiger partial charge >= 0.3 is 0 Å². The number of thioether (sulfide) groups is 1. The predicted molar refractivity (Wildman–Crippen MR) is 76.0 cm³/mol. The molecule has 0 spiro atoms. The molecule has 1 heterocycles. The monoisotopic (exact) mass is 317 g/mol. The molecule has 1 aromatic rings. The molecule has 0 aromatic heterocycles. The van der Waals surface area contributed by atoms with Crippen LogP contribution in [0.5, 0.6) is 0 Å².